The lowest BCUT2D eigenvalue weighted by atomic mass is 9.89. The first-order valence-corrected chi connectivity index (χ1v) is 6.03. The van der Waals surface area contributed by atoms with E-state index in [1.807, 2.05) is 13.1 Å². The average molecular weight is 250 g/mol. The minimum atomic E-state index is 0.385. The summed E-state index contributed by atoms with van der Waals surface area (Å²) < 4.78 is 5.38. The SMILES string of the molecule is C=C/C(=C(/C(N)=NC)N(C)N=C)C1CCOCC1. The molecule has 5 heteroatoms. The van der Waals surface area contributed by atoms with Crippen LogP contribution in [0.3, 0.4) is 0 Å². The molecule has 0 bridgehead atoms. The van der Waals surface area contributed by atoms with Crippen molar-refractivity contribution in [1.29, 1.82) is 0 Å². The lowest BCUT2D eigenvalue weighted by molar-refractivity contribution is 0.0760. The Morgan fingerprint density at radius 1 is 1.44 bits per heavy atom. The van der Waals surface area contributed by atoms with Crippen LogP contribution in [0, 0.1) is 5.92 Å². The number of allylic oxidation sites excluding steroid dienone is 2. The van der Waals surface area contributed by atoms with Crippen LogP contribution in [0.5, 0.6) is 0 Å². The number of rotatable bonds is 5. The van der Waals surface area contributed by atoms with Gasteiger partial charge in [-0.1, -0.05) is 12.7 Å². The van der Waals surface area contributed by atoms with Crippen LogP contribution in [-0.4, -0.2) is 44.9 Å². The van der Waals surface area contributed by atoms with Crippen molar-refractivity contribution in [2.24, 2.45) is 21.7 Å². The van der Waals surface area contributed by atoms with Gasteiger partial charge in [0.15, 0.2) is 0 Å². The van der Waals surface area contributed by atoms with Crippen LogP contribution in [0.4, 0.5) is 0 Å². The van der Waals surface area contributed by atoms with E-state index in [1.54, 1.807) is 12.1 Å². The first-order chi connectivity index (χ1) is 8.65. The van der Waals surface area contributed by atoms with Crippen LogP contribution in [0.1, 0.15) is 12.8 Å². The molecule has 1 aliphatic rings. The summed E-state index contributed by atoms with van der Waals surface area (Å²) in [6.07, 6.45) is 3.77. The number of hydrogen-bond donors (Lipinski definition) is 1. The summed E-state index contributed by atoms with van der Waals surface area (Å²) in [5, 5.41) is 5.55. The van der Waals surface area contributed by atoms with Crippen LogP contribution >= 0.6 is 0 Å². The largest absolute Gasteiger partial charge is 0.382 e. The average Bonchev–Trinajstić information content (AvgIpc) is 2.44. The molecule has 0 aromatic heterocycles. The molecule has 1 heterocycles. The Labute approximate surface area is 109 Å². The molecule has 0 spiro atoms. The molecule has 1 saturated heterocycles. The van der Waals surface area contributed by atoms with Gasteiger partial charge in [0.2, 0.25) is 0 Å². The van der Waals surface area contributed by atoms with Gasteiger partial charge in [-0.25, -0.2) is 0 Å². The zero-order chi connectivity index (χ0) is 13.5. The number of nitrogens with two attached hydrogens (primary N) is 1. The van der Waals surface area contributed by atoms with Crippen LogP contribution in [0.25, 0.3) is 0 Å². The first kappa shape index (κ1) is 14.4. The Kier molecular flexibility index (Phi) is 5.58. The van der Waals surface area contributed by atoms with Gasteiger partial charge in [0.1, 0.15) is 11.5 Å². The minimum Gasteiger partial charge on any atom is -0.382 e. The maximum atomic E-state index is 5.96. The number of hydrazone groups is 1. The second-order valence-electron chi connectivity index (χ2n) is 4.17. The maximum Gasteiger partial charge on any atom is 0.144 e. The van der Waals surface area contributed by atoms with Gasteiger partial charge < -0.3 is 10.5 Å². The van der Waals surface area contributed by atoms with Crippen molar-refractivity contribution >= 4 is 12.6 Å². The van der Waals surface area contributed by atoms with Gasteiger partial charge in [0, 0.05) is 34.0 Å². The summed E-state index contributed by atoms with van der Waals surface area (Å²) in [4.78, 5) is 4.05. The predicted octanol–water partition coefficient (Wildman–Crippen LogP) is 1.39. The highest BCUT2D eigenvalue weighted by molar-refractivity contribution is 5.97. The second-order valence-corrected chi connectivity index (χ2v) is 4.17. The third kappa shape index (κ3) is 3.20. The highest BCUT2D eigenvalue weighted by Crippen LogP contribution is 2.27. The third-order valence-corrected chi connectivity index (χ3v) is 3.17. The van der Waals surface area contributed by atoms with E-state index in [2.05, 4.69) is 23.4 Å². The topological polar surface area (TPSA) is 63.2 Å². The molecule has 1 aliphatic heterocycles. The Balaban J connectivity index is 3.18. The van der Waals surface area contributed by atoms with Gasteiger partial charge in [0.05, 0.1) is 0 Å². The predicted molar refractivity (Wildman–Crippen MR) is 75.6 cm³/mol. The van der Waals surface area contributed by atoms with Crippen molar-refractivity contribution in [3.05, 3.63) is 23.9 Å². The number of hydrogen-bond acceptors (Lipinski definition) is 4. The summed E-state index contributed by atoms with van der Waals surface area (Å²) in [6.45, 7) is 8.96. The van der Waals surface area contributed by atoms with Gasteiger partial charge in [-0.05, 0) is 24.3 Å². The molecular formula is C13H22N4O. The van der Waals surface area contributed by atoms with Crippen molar-refractivity contribution in [2.75, 3.05) is 27.3 Å². The maximum absolute atomic E-state index is 5.96. The van der Waals surface area contributed by atoms with Crippen molar-refractivity contribution < 1.29 is 4.74 Å². The fourth-order valence-electron chi connectivity index (χ4n) is 2.14. The molecule has 0 aliphatic carbocycles. The number of nitrogens with zero attached hydrogens (tertiary/aromatic N) is 3. The normalized spacial score (nSPS) is 19.1. The Hall–Kier alpha value is -1.62. The fraction of sp³-hybridized carbons (Fsp3) is 0.538. The Morgan fingerprint density at radius 3 is 2.50 bits per heavy atom. The molecular weight excluding hydrogens is 228 g/mol. The van der Waals surface area contributed by atoms with E-state index in [4.69, 9.17) is 10.5 Å². The van der Waals surface area contributed by atoms with Crippen molar-refractivity contribution in [3.8, 4) is 0 Å². The zero-order valence-electron chi connectivity index (χ0n) is 11.2. The van der Waals surface area contributed by atoms with Crippen molar-refractivity contribution in [3.63, 3.8) is 0 Å². The summed E-state index contributed by atoms with van der Waals surface area (Å²) in [6, 6.07) is 0. The molecule has 0 aromatic rings. The molecule has 1 rings (SSSR count). The first-order valence-electron chi connectivity index (χ1n) is 6.03. The van der Waals surface area contributed by atoms with Crippen LogP contribution < -0.4 is 5.73 Å². The van der Waals surface area contributed by atoms with E-state index in [-0.39, 0.29) is 0 Å². The monoisotopic (exact) mass is 250 g/mol. The van der Waals surface area contributed by atoms with Gasteiger partial charge in [-0.3, -0.25) is 10.0 Å². The molecule has 100 valence electrons. The molecule has 1 fully saturated rings. The number of amidine groups is 1. The van der Waals surface area contributed by atoms with E-state index in [9.17, 15) is 0 Å². The zero-order valence-corrected chi connectivity index (χ0v) is 11.2. The molecule has 0 aromatic carbocycles. The molecule has 0 amide bonds. The van der Waals surface area contributed by atoms with E-state index in [1.165, 1.54) is 0 Å². The molecule has 18 heavy (non-hydrogen) atoms. The molecule has 2 N–H and O–H groups in total. The van der Waals surface area contributed by atoms with Gasteiger partial charge in [-0.2, -0.15) is 5.10 Å². The summed E-state index contributed by atoms with van der Waals surface area (Å²) >= 11 is 0. The minimum absolute atomic E-state index is 0.385. The standard InChI is InChI=1S/C13H22N4O/c1-5-11(10-6-8-18-9-7-10)12(13(14)15-2)17(4)16-3/h5,10H,1,3,6-9H2,2,4H3,(H2,14,15)/b12-11+. The second kappa shape index (κ2) is 6.96. The van der Waals surface area contributed by atoms with Gasteiger partial charge in [-0.15, -0.1) is 0 Å². The van der Waals surface area contributed by atoms with E-state index < -0.39 is 0 Å². The number of aliphatic imine (C=N–C) groups is 1. The van der Waals surface area contributed by atoms with Gasteiger partial charge >= 0.3 is 0 Å². The lowest BCUT2D eigenvalue weighted by Crippen LogP contribution is -2.29. The number of ether oxygens (including phenoxy) is 1. The Bertz CT molecular complexity index is 367. The molecule has 5 nitrogen and oxygen atoms in total. The molecule has 0 radical (unpaired) electrons. The third-order valence-electron chi connectivity index (χ3n) is 3.17. The van der Waals surface area contributed by atoms with E-state index in [0.29, 0.717) is 11.8 Å². The molecule has 0 unspecified atom stereocenters. The quantitative estimate of drug-likeness (QED) is 0.347. The lowest BCUT2D eigenvalue weighted by Gasteiger charge is -2.27. The highest BCUT2D eigenvalue weighted by Gasteiger charge is 2.22. The van der Waals surface area contributed by atoms with E-state index in [0.717, 1.165) is 37.3 Å². The van der Waals surface area contributed by atoms with Crippen molar-refractivity contribution in [2.45, 2.75) is 12.8 Å². The molecule has 0 atom stereocenters. The van der Waals surface area contributed by atoms with E-state index >= 15 is 0 Å². The Morgan fingerprint density at radius 2 is 2.06 bits per heavy atom. The number of likely N-dealkylation sites (N-methyl/N-ethyl adjacent to an activating group) is 1. The highest BCUT2D eigenvalue weighted by atomic mass is 16.5. The van der Waals surface area contributed by atoms with Crippen LogP contribution in [-0.2, 0) is 4.74 Å². The van der Waals surface area contributed by atoms with Crippen LogP contribution in [0.15, 0.2) is 34.0 Å². The summed E-state index contributed by atoms with van der Waals surface area (Å²) in [7, 11) is 3.47. The van der Waals surface area contributed by atoms with Crippen LogP contribution in [0.2, 0.25) is 0 Å². The molecule has 0 saturated carbocycles. The summed E-state index contributed by atoms with van der Waals surface area (Å²) in [5.74, 6) is 0.835. The fourth-order valence-corrected chi connectivity index (χ4v) is 2.14. The van der Waals surface area contributed by atoms with Gasteiger partial charge in [0.25, 0.3) is 0 Å². The van der Waals surface area contributed by atoms with Crippen molar-refractivity contribution in [1.82, 2.24) is 5.01 Å². The summed E-state index contributed by atoms with van der Waals surface area (Å²) in [5.41, 5.74) is 7.81. The smallest absolute Gasteiger partial charge is 0.144 e.